The van der Waals surface area contributed by atoms with Crippen molar-refractivity contribution in [1.29, 1.82) is 0 Å². The van der Waals surface area contributed by atoms with Gasteiger partial charge in [-0.1, -0.05) is 12.1 Å². The number of fused-ring (bicyclic) bond motifs is 1. The van der Waals surface area contributed by atoms with Gasteiger partial charge in [0.05, 0.1) is 0 Å². The standard InChI is InChI=1S/C15H15N3O2/c1-9-8-12(13-14(16-9)20-15(19)17-13)10-4-6-11(7-5-10)18(2)3/h4-8H,1-3H3,(H,17,19). The van der Waals surface area contributed by atoms with Crippen LogP contribution >= 0.6 is 0 Å². The fraction of sp³-hybridized carbons (Fsp3) is 0.200. The molecular weight excluding hydrogens is 254 g/mol. The van der Waals surface area contributed by atoms with Gasteiger partial charge in [-0.15, -0.1) is 0 Å². The Balaban J connectivity index is 2.20. The second-order valence-electron chi connectivity index (χ2n) is 4.95. The number of H-pyrrole nitrogens is 1. The minimum absolute atomic E-state index is 0.349. The van der Waals surface area contributed by atoms with Crippen LogP contribution in [0.4, 0.5) is 5.69 Å². The average molecular weight is 269 g/mol. The molecule has 0 amide bonds. The van der Waals surface area contributed by atoms with Gasteiger partial charge < -0.3 is 9.32 Å². The molecule has 5 heteroatoms. The third-order valence-corrected chi connectivity index (χ3v) is 3.23. The van der Waals surface area contributed by atoms with Crippen LogP contribution < -0.4 is 10.7 Å². The normalized spacial score (nSPS) is 10.9. The summed E-state index contributed by atoms with van der Waals surface area (Å²) < 4.78 is 5.04. The molecule has 0 atom stereocenters. The largest absolute Gasteiger partial charge is 0.418 e. The van der Waals surface area contributed by atoms with Gasteiger partial charge in [0.15, 0.2) is 0 Å². The predicted molar refractivity (Wildman–Crippen MR) is 79.1 cm³/mol. The van der Waals surface area contributed by atoms with Gasteiger partial charge in [-0.2, -0.15) is 0 Å². The summed E-state index contributed by atoms with van der Waals surface area (Å²) in [5, 5.41) is 0. The van der Waals surface area contributed by atoms with Crippen LogP contribution in [0.15, 0.2) is 39.5 Å². The Hall–Kier alpha value is -2.56. The molecule has 102 valence electrons. The molecule has 0 saturated heterocycles. The quantitative estimate of drug-likeness (QED) is 0.776. The van der Waals surface area contributed by atoms with Gasteiger partial charge in [-0.25, -0.2) is 9.78 Å². The smallest absolute Gasteiger partial charge is 0.389 e. The molecule has 0 aliphatic heterocycles. The molecule has 0 saturated carbocycles. The Morgan fingerprint density at radius 1 is 1.20 bits per heavy atom. The lowest BCUT2D eigenvalue weighted by molar-refractivity contribution is 0.545. The number of oxazole rings is 1. The van der Waals surface area contributed by atoms with Gasteiger partial charge in [0.1, 0.15) is 5.52 Å². The average Bonchev–Trinajstić information content (AvgIpc) is 2.78. The second-order valence-corrected chi connectivity index (χ2v) is 4.95. The zero-order valence-corrected chi connectivity index (χ0v) is 11.6. The van der Waals surface area contributed by atoms with Crippen LogP contribution in [-0.2, 0) is 0 Å². The highest BCUT2D eigenvalue weighted by Gasteiger charge is 2.11. The molecule has 2 aromatic heterocycles. The van der Waals surface area contributed by atoms with E-state index in [1.54, 1.807) is 0 Å². The van der Waals surface area contributed by atoms with Gasteiger partial charge in [-0.3, -0.25) is 4.98 Å². The number of rotatable bonds is 2. The fourth-order valence-electron chi connectivity index (χ4n) is 2.22. The van der Waals surface area contributed by atoms with Crippen molar-refractivity contribution in [2.75, 3.05) is 19.0 Å². The lowest BCUT2D eigenvalue weighted by Gasteiger charge is -2.13. The van der Waals surface area contributed by atoms with Crippen LogP contribution in [0, 0.1) is 6.92 Å². The van der Waals surface area contributed by atoms with E-state index in [-0.39, 0.29) is 0 Å². The number of aromatic nitrogens is 2. The molecule has 5 nitrogen and oxygen atoms in total. The summed E-state index contributed by atoms with van der Waals surface area (Å²) in [5.41, 5.74) is 4.86. The molecule has 1 N–H and O–H groups in total. The van der Waals surface area contributed by atoms with Crippen molar-refractivity contribution in [2.45, 2.75) is 6.92 Å². The van der Waals surface area contributed by atoms with E-state index in [0.29, 0.717) is 11.2 Å². The molecule has 3 rings (SSSR count). The number of hydrogen-bond donors (Lipinski definition) is 1. The van der Waals surface area contributed by atoms with Gasteiger partial charge >= 0.3 is 5.76 Å². The van der Waals surface area contributed by atoms with Gasteiger partial charge in [-0.05, 0) is 30.7 Å². The van der Waals surface area contributed by atoms with E-state index < -0.39 is 5.76 Å². The second kappa shape index (κ2) is 4.52. The van der Waals surface area contributed by atoms with Crippen LogP contribution in [0.2, 0.25) is 0 Å². The molecule has 2 heterocycles. The summed E-state index contributed by atoms with van der Waals surface area (Å²) in [6.45, 7) is 1.88. The van der Waals surface area contributed by atoms with E-state index in [2.05, 4.69) is 9.97 Å². The summed E-state index contributed by atoms with van der Waals surface area (Å²) in [5.74, 6) is -0.482. The molecule has 0 bridgehead atoms. The van der Waals surface area contributed by atoms with Crippen molar-refractivity contribution in [3.05, 3.63) is 46.6 Å². The van der Waals surface area contributed by atoms with Crippen LogP contribution in [0.25, 0.3) is 22.4 Å². The maximum atomic E-state index is 11.4. The molecular formula is C15H15N3O2. The van der Waals surface area contributed by atoms with E-state index in [0.717, 1.165) is 22.5 Å². The number of benzene rings is 1. The van der Waals surface area contributed by atoms with Crippen molar-refractivity contribution in [1.82, 2.24) is 9.97 Å². The van der Waals surface area contributed by atoms with Crippen molar-refractivity contribution in [2.24, 2.45) is 0 Å². The number of anilines is 1. The molecule has 0 spiro atoms. The molecule has 0 radical (unpaired) electrons. The predicted octanol–water partition coefficient (Wildman–Crippen LogP) is 2.56. The maximum Gasteiger partial charge on any atom is 0.418 e. The minimum atomic E-state index is -0.482. The zero-order chi connectivity index (χ0) is 14.3. The molecule has 1 aromatic carbocycles. The molecule has 3 aromatic rings. The topological polar surface area (TPSA) is 62.1 Å². The first-order chi connectivity index (χ1) is 9.54. The molecule has 0 fully saturated rings. The summed E-state index contributed by atoms with van der Waals surface area (Å²) >= 11 is 0. The first-order valence-electron chi connectivity index (χ1n) is 6.33. The summed E-state index contributed by atoms with van der Waals surface area (Å²) in [6, 6.07) is 10.1. The Labute approximate surface area is 115 Å². The fourth-order valence-corrected chi connectivity index (χ4v) is 2.22. The van der Waals surface area contributed by atoms with E-state index in [4.69, 9.17) is 4.42 Å². The summed E-state index contributed by atoms with van der Waals surface area (Å²) in [4.78, 5) is 20.3. The Bertz CT molecular complexity index is 813. The van der Waals surface area contributed by atoms with Gasteiger partial charge in [0.25, 0.3) is 0 Å². The Morgan fingerprint density at radius 3 is 2.55 bits per heavy atom. The molecule has 0 unspecified atom stereocenters. The van der Waals surface area contributed by atoms with Crippen LogP contribution in [0.5, 0.6) is 0 Å². The minimum Gasteiger partial charge on any atom is -0.389 e. The number of aryl methyl sites for hydroxylation is 1. The maximum absolute atomic E-state index is 11.4. The Morgan fingerprint density at radius 2 is 1.90 bits per heavy atom. The van der Waals surface area contributed by atoms with E-state index in [1.165, 1.54) is 0 Å². The number of hydrogen-bond acceptors (Lipinski definition) is 4. The first-order valence-corrected chi connectivity index (χ1v) is 6.33. The van der Waals surface area contributed by atoms with E-state index in [1.807, 2.05) is 56.3 Å². The van der Waals surface area contributed by atoms with Crippen molar-refractivity contribution < 1.29 is 4.42 Å². The summed E-state index contributed by atoms with van der Waals surface area (Å²) in [7, 11) is 3.99. The van der Waals surface area contributed by atoms with E-state index in [9.17, 15) is 4.79 Å². The van der Waals surface area contributed by atoms with E-state index >= 15 is 0 Å². The van der Waals surface area contributed by atoms with Crippen molar-refractivity contribution in [3.8, 4) is 11.1 Å². The summed E-state index contributed by atoms with van der Waals surface area (Å²) in [6.07, 6.45) is 0. The SMILES string of the molecule is Cc1cc(-c2ccc(N(C)C)cc2)c2[nH]c(=O)oc2n1. The molecule has 20 heavy (non-hydrogen) atoms. The molecule has 0 aliphatic carbocycles. The number of nitrogens with zero attached hydrogens (tertiary/aromatic N) is 2. The number of aromatic amines is 1. The van der Waals surface area contributed by atoms with Gasteiger partial charge in [0.2, 0.25) is 5.71 Å². The van der Waals surface area contributed by atoms with Crippen molar-refractivity contribution >= 4 is 16.9 Å². The molecule has 0 aliphatic rings. The third kappa shape index (κ3) is 2.07. The first kappa shape index (κ1) is 12.5. The highest BCUT2D eigenvalue weighted by Crippen LogP contribution is 2.28. The lowest BCUT2D eigenvalue weighted by Crippen LogP contribution is -2.07. The number of nitrogens with one attached hydrogen (secondary N) is 1. The lowest BCUT2D eigenvalue weighted by atomic mass is 10.0. The number of pyridine rings is 1. The van der Waals surface area contributed by atoms with Crippen LogP contribution in [0.3, 0.4) is 0 Å². The highest BCUT2D eigenvalue weighted by atomic mass is 16.4. The van der Waals surface area contributed by atoms with Crippen molar-refractivity contribution in [3.63, 3.8) is 0 Å². The monoisotopic (exact) mass is 269 g/mol. The van der Waals surface area contributed by atoms with Crippen LogP contribution in [0.1, 0.15) is 5.69 Å². The third-order valence-electron chi connectivity index (χ3n) is 3.23. The zero-order valence-electron chi connectivity index (χ0n) is 11.6. The Kier molecular flexibility index (Phi) is 2.82. The highest BCUT2D eigenvalue weighted by molar-refractivity contribution is 5.89. The van der Waals surface area contributed by atoms with Gasteiger partial charge in [0, 0.05) is 31.0 Å². The van der Waals surface area contributed by atoms with Crippen LogP contribution in [-0.4, -0.2) is 24.1 Å².